The van der Waals surface area contributed by atoms with Gasteiger partial charge in [-0.2, -0.15) is 0 Å². The van der Waals surface area contributed by atoms with E-state index >= 15 is 0 Å². The van der Waals surface area contributed by atoms with Gasteiger partial charge in [-0.15, -0.1) is 5.10 Å². The fourth-order valence-electron chi connectivity index (χ4n) is 1.97. The predicted octanol–water partition coefficient (Wildman–Crippen LogP) is 1.06. The van der Waals surface area contributed by atoms with E-state index in [1.165, 1.54) is 15.8 Å². The fourth-order valence-corrected chi connectivity index (χ4v) is 1.97. The third-order valence-corrected chi connectivity index (χ3v) is 3.12. The third kappa shape index (κ3) is 3.25. The average Bonchev–Trinajstić information content (AvgIpc) is 3.00. The maximum Gasteiger partial charge on any atom is 0.308 e. The van der Waals surface area contributed by atoms with Gasteiger partial charge in [0, 0.05) is 13.6 Å². The lowest BCUT2D eigenvalue weighted by molar-refractivity contribution is -0.141. The first-order chi connectivity index (χ1) is 10.0. The molecule has 0 aliphatic heterocycles. The molecule has 110 valence electrons. The van der Waals surface area contributed by atoms with Crippen LogP contribution in [0.2, 0.25) is 0 Å². The Kier molecular flexibility index (Phi) is 4.32. The number of carbonyl (C=O) groups is 2. The standard InChI is InChI=1S/C14H16N4O3/c1-10(14(20)21)9-17(2)13(19)11-5-3-4-6-12(11)18-8-7-15-16-18/h3-8,10H,9H2,1-2H3,(H,20,21). The number of aromatic nitrogens is 3. The zero-order valence-corrected chi connectivity index (χ0v) is 11.8. The molecule has 0 saturated heterocycles. The number of carboxylic acid groups (broad SMARTS) is 1. The van der Waals surface area contributed by atoms with Crippen LogP contribution < -0.4 is 0 Å². The molecule has 7 nitrogen and oxygen atoms in total. The van der Waals surface area contributed by atoms with E-state index in [0.29, 0.717) is 11.3 Å². The SMILES string of the molecule is CC(CN(C)C(=O)c1ccccc1-n1ccnn1)C(=O)O. The summed E-state index contributed by atoms with van der Waals surface area (Å²) in [5.41, 5.74) is 1.05. The highest BCUT2D eigenvalue weighted by Gasteiger charge is 2.21. The number of amides is 1. The molecule has 1 aromatic carbocycles. The van der Waals surface area contributed by atoms with Gasteiger partial charge in [-0.3, -0.25) is 9.59 Å². The number of nitrogens with zero attached hydrogens (tertiary/aromatic N) is 4. The summed E-state index contributed by atoms with van der Waals surface area (Å²) in [5.74, 6) is -1.81. The zero-order chi connectivity index (χ0) is 15.4. The van der Waals surface area contributed by atoms with E-state index in [1.807, 2.05) is 0 Å². The van der Waals surface area contributed by atoms with Crippen LogP contribution in [0.15, 0.2) is 36.7 Å². The Morgan fingerprint density at radius 3 is 2.71 bits per heavy atom. The van der Waals surface area contributed by atoms with Crippen molar-refractivity contribution in [1.29, 1.82) is 0 Å². The summed E-state index contributed by atoms with van der Waals surface area (Å²) in [6, 6.07) is 6.99. The van der Waals surface area contributed by atoms with Crippen molar-refractivity contribution in [2.24, 2.45) is 5.92 Å². The fraction of sp³-hybridized carbons (Fsp3) is 0.286. The van der Waals surface area contributed by atoms with Crippen LogP contribution in [0.1, 0.15) is 17.3 Å². The minimum Gasteiger partial charge on any atom is -0.481 e. The minimum atomic E-state index is -0.931. The quantitative estimate of drug-likeness (QED) is 0.888. The number of benzene rings is 1. The van der Waals surface area contributed by atoms with Gasteiger partial charge in [0.25, 0.3) is 5.91 Å². The largest absolute Gasteiger partial charge is 0.481 e. The second kappa shape index (κ2) is 6.17. The van der Waals surface area contributed by atoms with Gasteiger partial charge in [-0.1, -0.05) is 24.3 Å². The molecule has 1 heterocycles. The molecular weight excluding hydrogens is 272 g/mol. The molecule has 1 amide bonds. The molecule has 0 saturated carbocycles. The summed E-state index contributed by atoms with van der Waals surface area (Å²) in [6.45, 7) is 1.70. The number of hydrogen-bond acceptors (Lipinski definition) is 4. The van der Waals surface area contributed by atoms with Crippen molar-refractivity contribution in [3.05, 3.63) is 42.2 Å². The van der Waals surface area contributed by atoms with Crippen LogP contribution in [0.25, 0.3) is 5.69 Å². The monoisotopic (exact) mass is 288 g/mol. The Morgan fingerprint density at radius 2 is 2.10 bits per heavy atom. The number of carboxylic acids is 1. The van der Waals surface area contributed by atoms with Crippen molar-refractivity contribution in [3.8, 4) is 5.69 Å². The minimum absolute atomic E-state index is 0.139. The number of hydrogen-bond donors (Lipinski definition) is 1. The summed E-state index contributed by atoms with van der Waals surface area (Å²) >= 11 is 0. The Morgan fingerprint density at radius 1 is 1.38 bits per heavy atom. The highest BCUT2D eigenvalue weighted by atomic mass is 16.4. The lowest BCUT2D eigenvalue weighted by atomic mass is 10.1. The molecular formula is C14H16N4O3. The average molecular weight is 288 g/mol. The van der Waals surface area contributed by atoms with Crippen LogP contribution in [0.4, 0.5) is 0 Å². The maximum absolute atomic E-state index is 12.5. The van der Waals surface area contributed by atoms with Crippen LogP contribution in [0.5, 0.6) is 0 Å². The van der Waals surface area contributed by atoms with Gasteiger partial charge in [0.1, 0.15) is 0 Å². The maximum atomic E-state index is 12.5. The van der Waals surface area contributed by atoms with Gasteiger partial charge in [0.2, 0.25) is 0 Å². The van der Waals surface area contributed by atoms with Crippen molar-refractivity contribution in [2.45, 2.75) is 6.92 Å². The van der Waals surface area contributed by atoms with E-state index in [-0.39, 0.29) is 12.5 Å². The molecule has 21 heavy (non-hydrogen) atoms. The van der Waals surface area contributed by atoms with Crippen molar-refractivity contribution in [2.75, 3.05) is 13.6 Å². The topological polar surface area (TPSA) is 88.3 Å². The van der Waals surface area contributed by atoms with E-state index in [1.54, 1.807) is 44.4 Å². The zero-order valence-electron chi connectivity index (χ0n) is 11.8. The van der Waals surface area contributed by atoms with Crippen LogP contribution >= 0.6 is 0 Å². The van der Waals surface area contributed by atoms with Crippen LogP contribution in [0.3, 0.4) is 0 Å². The van der Waals surface area contributed by atoms with Gasteiger partial charge in [-0.25, -0.2) is 4.68 Å². The van der Waals surface area contributed by atoms with E-state index in [2.05, 4.69) is 10.3 Å². The number of aliphatic carboxylic acids is 1. The molecule has 0 spiro atoms. The van der Waals surface area contributed by atoms with Gasteiger partial charge in [-0.05, 0) is 12.1 Å². The molecule has 1 aromatic heterocycles. The van der Waals surface area contributed by atoms with Gasteiger partial charge in [0.05, 0.1) is 29.6 Å². The van der Waals surface area contributed by atoms with Crippen molar-refractivity contribution < 1.29 is 14.7 Å². The molecule has 0 aliphatic carbocycles. The highest BCUT2D eigenvalue weighted by molar-refractivity contribution is 5.97. The molecule has 0 aliphatic rings. The smallest absolute Gasteiger partial charge is 0.308 e. The van der Waals surface area contributed by atoms with Gasteiger partial charge < -0.3 is 10.0 Å². The van der Waals surface area contributed by atoms with Crippen molar-refractivity contribution in [1.82, 2.24) is 19.9 Å². The second-order valence-electron chi connectivity index (χ2n) is 4.79. The Balaban J connectivity index is 2.26. The van der Waals surface area contributed by atoms with Gasteiger partial charge in [0.15, 0.2) is 0 Å². The van der Waals surface area contributed by atoms with E-state index in [0.717, 1.165) is 0 Å². The summed E-state index contributed by atoms with van der Waals surface area (Å²) in [5, 5.41) is 16.5. The van der Waals surface area contributed by atoms with E-state index in [9.17, 15) is 9.59 Å². The normalized spacial score (nSPS) is 11.9. The second-order valence-corrected chi connectivity index (χ2v) is 4.79. The van der Waals surface area contributed by atoms with Crippen molar-refractivity contribution >= 4 is 11.9 Å². The molecule has 2 rings (SSSR count). The first-order valence-electron chi connectivity index (χ1n) is 6.44. The number of carbonyl (C=O) groups excluding carboxylic acids is 1. The molecule has 7 heteroatoms. The van der Waals surface area contributed by atoms with Crippen LogP contribution in [0, 0.1) is 5.92 Å². The van der Waals surface area contributed by atoms with Gasteiger partial charge >= 0.3 is 5.97 Å². The summed E-state index contributed by atoms with van der Waals surface area (Å²) < 4.78 is 1.50. The summed E-state index contributed by atoms with van der Waals surface area (Å²) in [4.78, 5) is 24.8. The molecule has 1 unspecified atom stereocenters. The molecule has 0 radical (unpaired) electrons. The lowest BCUT2D eigenvalue weighted by Gasteiger charge is -2.20. The van der Waals surface area contributed by atoms with Crippen LogP contribution in [-0.4, -0.2) is 50.5 Å². The molecule has 0 bridgehead atoms. The highest BCUT2D eigenvalue weighted by Crippen LogP contribution is 2.15. The predicted molar refractivity (Wildman–Crippen MR) is 75.1 cm³/mol. The van der Waals surface area contributed by atoms with Crippen LogP contribution in [-0.2, 0) is 4.79 Å². The summed E-state index contributed by atoms with van der Waals surface area (Å²) in [7, 11) is 1.58. The first kappa shape index (κ1) is 14.7. The summed E-state index contributed by atoms with van der Waals surface area (Å²) in [6.07, 6.45) is 3.17. The Hall–Kier alpha value is -2.70. The Labute approximate surface area is 121 Å². The van der Waals surface area contributed by atoms with E-state index < -0.39 is 11.9 Å². The number of para-hydroxylation sites is 1. The molecule has 2 aromatic rings. The number of rotatable bonds is 5. The Bertz CT molecular complexity index is 639. The third-order valence-electron chi connectivity index (χ3n) is 3.12. The molecule has 1 atom stereocenters. The lowest BCUT2D eigenvalue weighted by Crippen LogP contribution is -2.34. The molecule has 1 N–H and O–H groups in total. The molecule has 0 fully saturated rings. The van der Waals surface area contributed by atoms with Crippen molar-refractivity contribution in [3.63, 3.8) is 0 Å². The first-order valence-corrected chi connectivity index (χ1v) is 6.44. The van der Waals surface area contributed by atoms with E-state index in [4.69, 9.17) is 5.11 Å².